The molecular weight excluding hydrogens is 440 g/mol. The monoisotopic (exact) mass is 456 g/mol. The minimum Gasteiger partial charge on any atom is -0.369 e. The van der Waals surface area contributed by atoms with Crippen LogP contribution in [-0.2, 0) is 10.0 Å². The maximum atomic E-state index is 12.6. The molecule has 0 saturated carbocycles. The fraction of sp³-hybridized carbons (Fsp3) is 0.0526. The Morgan fingerprint density at radius 1 is 0.968 bits per heavy atom. The Morgan fingerprint density at radius 3 is 2.26 bits per heavy atom. The number of halogens is 1. The highest BCUT2D eigenvalue weighted by Crippen LogP contribution is 2.31. The zero-order valence-electron chi connectivity index (χ0n) is 15.9. The molecule has 4 rings (SSSR count). The van der Waals surface area contributed by atoms with Crippen LogP contribution in [0.5, 0.6) is 0 Å². The van der Waals surface area contributed by atoms with Gasteiger partial charge in [0, 0.05) is 23.1 Å². The van der Waals surface area contributed by atoms with Crippen LogP contribution >= 0.6 is 11.6 Å². The van der Waals surface area contributed by atoms with Gasteiger partial charge in [0.15, 0.2) is 6.17 Å². The molecule has 0 amide bonds. The van der Waals surface area contributed by atoms with Gasteiger partial charge in [-0.15, -0.1) is 0 Å². The molecule has 0 unspecified atom stereocenters. The van der Waals surface area contributed by atoms with Crippen molar-refractivity contribution in [2.45, 2.75) is 11.1 Å². The van der Waals surface area contributed by atoms with E-state index in [1.54, 1.807) is 47.4 Å². The number of nitrogens with zero attached hydrogens (tertiary/aromatic N) is 5. The number of aliphatic imine (C=N–C) groups is 2. The molecule has 0 aliphatic carbocycles. The maximum Gasteiger partial charge on any atom is 0.264 e. The van der Waals surface area contributed by atoms with E-state index in [-0.39, 0.29) is 22.8 Å². The highest BCUT2D eigenvalue weighted by atomic mass is 35.5. The lowest BCUT2D eigenvalue weighted by Gasteiger charge is -2.32. The Bertz CT molecular complexity index is 1250. The number of aromatic nitrogens is 2. The van der Waals surface area contributed by atoms with Crippen LogP contribution in [0.2, 0.25) is 5.02 Å². The van der Waals surface area contributed by atoms with Crippen LogP contribution in [0.25, 0.3) is 0 Å². The molecule has 158 valence electrons. The van der Waals surface area contributed by atoms with Crippen molar-refractivity contribution in [3.05, 3.63) is 77.6 Å². The average Bonchev–Trinajstić information content (AvgIpc) is 2.74. The van der Waals surface area contributed by atoms with E-state index in [1.165, 1.54) is 24.5 Å². The van der Waals surface area contributed by atoms with E-state index in [0.29, 0.717) is 10.7 Å². The van der Waals surface area contributed by atoms with Gasteiger partial charge in [-0.3, -0.25) is 4.90 Å². The summed E-state index contributed by atoms with van der Waals surface area (Å²) >= 11 is 5.99. The summed E-state index contributed by atoms with van der Waals surface area (Å²) in [5, 5.41) is 0.578. The van der Waals surface area contributed by atoms with E-state index < -0.39 is 16.2 Å². The molecule has 3 aromatic rings. The van der Waals surface area contributed by atoms with Crippen LogP contribution in [0, 0.1) is 0 Å². The second-order valence-corrected chi connectivity index (χ2v) is 8.54. The molecule has 1 atom stereocenters. The SMILES string of the molecule is NC1=N[C@@H](c2ccc(Cl)cc2)N(c2ccc(S(=O)(=O)Nc3ncccn3)cc2)C(N)=N1. The van der Waals surface area contributed by atoms with Crippen LogP contribution < -0.4 is 21.1 Å². The number of nitrogens with one attached hydrogen (secondary N) is 1. The molecule has 10 nitrogen and oxygen atoms in total. The second-order valence-electron chi connectivity index (χ2n) is 6.42. The van der Waals surface area contributed by atoms with Crippen LogP contribution in [-0.4, -0.2) is 30.3 Å². The van der Waals surface area contributed by atoms with Crippen LogP contribution in [0.1, 0.15) is 11.7 Å². The van der Waals surface area contributed by atoms with Gasteiger partial charge >= 0.3 is 0 Å². The zero-order chi connectivity index (χ0) is 22.0. The Kier molecular flexibility index (Phi) is 5.44. The summed E-state index contributed by atoms with van der Waals surface area (Å²) in [6, 6.07) is 14.7. The van der Waals surface area contributed by atoms with Crippen molar-refractivity contribution in [1.29, 1.82) is 0 Å². The first-order valence-electron chi connectivity index (χ1n) is 8.95. The number of hydrogen-bond donors (Lipinski definition) is 3. The van der Waals surface area contributed by atoms with Gasteiger partial charge in [-0.2, -0.15) is 4.99 Å². The van der Waals surface area contributed by atoms with Gasteiger partial charge in [0.2, 0.25) is 17.9 Å². The molecule has 0 spiro atoms. The first-order valence-corrected chi connectivity index (χ1v) is 10.8. The molecule has 2 heterocycles. The number of anilines is 2. The normalized spacial score (nSPS) is 16.4. The minimum absolute atomic E-state index is 0.0217. The number of nitrogens with two attached hydrogens (primary N) is 2. The van der Waals surface area contributed by atoms with Crippen LogP contribution in [0.3, 0.4) is 0 Å². The van der Waals surface area contributed by atoms with Gasteiger partial charge in [-0.1, -0.05) is 23.7 Å². The van der Waals surface area contributed by atoms with Crippen molar-refractivity contribution in [2.75, 3.05) is 9.62 Å². The highest BCUT2D eigenvalue weighted by Gasteiger charge is 2.28. The molecule has 0 saturated heterocycles. The summed E-state index contributed by atoms with van der Waals surface area (Å²) in [5.74, 6) is 0.144. The van der Waals surface area contributed by atoms with E-state index in [2.05, 4.69) is 24.7 Å². The van der Waals surface area contributed by atoms with Gasteiger partial charge in [0.05, 0.1) is 4.90 Å². The molecule has 12 heteroatoms. The lowest BCUT2D eigenvalue weighted by atomic mass is 10.1. The molecular formula is C19H17ClN8O2S. The van der Waals surface area contributed by atoms with E-state index in [0.717, 1.165) is 5.56 Å². The third kappa shape index (κ3) is 4.42. The highest BCUT2D eigenvalue weighted by molar-refractivity contribution is 7.92. The standard InChI is InChI=1S/C19H17ClN8O2S/c20-13-4-2-12(3-5-13)16-25-17(21)26-18(22)28(16)14-6-8-15(9-7-14)31(29,30)27-19-23-10-1-11-24-19/h1-11,16H,(H,23,24,27)(H4,21,22,25,26)/t16-/m1/s1. The summed E-state index contributed by atoms with van der Waals surface area (Å²) in [6.45, 7) is 0. The molecule has 1 aliphatic rings. The number of rotatable bonds is 5. The van der Waals surface area contributed by atoms with Crippen molar-refractivity contribution < 1.29 is 8.42 Å². The maximum absolute atomic E-state index is 12.6. The fourth-order valence-corrected chi connectivity index (χ4v) is 4.04. The van der Waals surface area contributed by atoms with Gasteiger partial charge in [0.1, 0.15) is 0 Å². The van der Waals surface area contributed by atoms with E-state index in [4.69, 9.17) is 23.1 Å². The number of hydrogen-bond acceptors (Lipinski definition) is 9. The molecule has 31 heavy (non-hydrogen) atoms. The Labute approximate surface area is 183 Å². The van der Waals surface area contributed by atoms with E-state index >= 15 is 0 Å². The smallest absolute Gasteiger partial charge is 0.264 e. The topological polar surface area (TPSA) is 152 Å². The first kappa shape index (κ1) is 20.6. The van der Waals surface area contributed by atoms with E-state index in [1.807, 2.05) is 0 Å². The lowest BCUT2D eigenvalue weighted by molar-refractivity contribution is 0.601. The summed E-state index contributed by atoms with van der Waals surface area (Å²) in [6.07, 6.45) is 2.29. The van der Waals surface area contributed by atoms with Crippen molar-refractivity contribution in [2.24, 2.45) is 21.5 Å². The molecule has 5 N–H and O–H groups in total. The van der Waals surface area contributed by atoms with Gasteiger partial charge < -0.3 is 11.5 Å². The van der Waals surface area contributed by atoms with Crippen molar-refractivity contribution in [1.82, 2.24) is 9.97 Å². The average molecular weight is 457 g/mol. The number of guanidine groups is 2. The summed E-state index contributed by atoms with van der Waals surface area (Å²) in [5.41, 5.74) is 13.3. The third-order valence-electron chi connectivity index (χ3n) is 4.36. The van der Waals surface area contributed by atoms with Gasteiger partial charge in [-0.25, -0.2) is 28.1 Å². The summed E-state index contributed by atoms with van der Waals surface area (Å²) < 4.78 is 27.5. The lowest BCUT2D eigenvalue weighted by Crippen LogP contribution is -2.44. The molecule has 2 aromatic carbocycles. The van der Waals surface area contributed by atoms with Crippen LogP contribution in [0.15, 0.2) is 81.9 Å². The van der Waals surface area contributed by atoms with Crippen molar-refractivity contribution >= 4 is 45.2 Å². The van der Waals surface area contributed by atoms with Crippen LogP contribution in [0.4, 0.5) is 11.6 Å². The zero-order valence-corrected chi connectivity index (χ0v) is 17.5. The second kappa shape index (κ2) is 8.20. The fourth-order valence-electron chi connectivity index (χ4n) is 2.96. The predicted octanol–water partition coefficient (Wildman–Crippen LogP) is 2.08. The summed E-state index contributed by atoms with van der Waals surface area (Å²) in [4.78, 5) is 17.8. The number of sulfonamides is 1. The molecule has 1 aromatic heterocycles. The Balaban J connectivity index is 1.65. The summed E-state index contributed by atoms with van der Waals surface area (Å²) in [7, 11) is -3.87. The van der Waals surface area contributed by atoms with Crippen molar-refractivity contribution in [3.8, 4) is 0 Å². The predicted molar refractivity (Wildman–Crippen MR) is 119 cm³/mol. The molecule has 0 radical (unpaired) electrons. The Morgan fingerprint density at radius 2 is 1.61 bits per heavy atom. The van der Waals surface area contributed by atoms with Gasteiger partial charge in [-0.05, 0) is 48.0 Å². The number of benzene rings is 2. The first-order chi connectivity index (χ1) is 14.8. The molecule has 0 fully saturated rings. The molecule has 1 aliphatic heterocycles. The largest absolute Gasteiger partial charge is 0.369 e. The van der Waals surface area contributed by atoms with Crippen molar-refractivity contribution in [3.63, 3.8) is 0 Å². The third-order valence-corrected chi connectivity index (χ3v) is 5.96. The minimum atomic E-state index is -3.87. The molecule has 0 bridgehead atoms. The Hall–Kier alpha value is -3.70. The quantitative estimate of drug-likeness (QED) is 0.531. The van der Waals surface area contributed by atoms with Gasteiger partial charge in [0.25, 0.3) is 10.0 Å². The van der Waals surface area contributed by atoms with E-state index in [9.17, 15) is 8.42 Å².